The number of benzene rings is 1. The topological polar surface area (TPSA) is 98.1 Å². The number of nitro groups is 1. The largest absolute Gasteiger partial charge is 0.489 e. The normalized spacial score (nSPS) is 10.6. The number of rotatable bonds is 2. The number of nitrogens with zero attached hydrogens (tertiary/aromatic N) is 2. The maximum Gasteiger partial charge on any atom is 0.338 e. The Morgan fingerprint density at radius 2 is 2.22 bits per heavy atom. The van der Waals surface area contributed by atoms with Crippen LogP contribution < -0.4 is 10.3 Å². The van der Waals surface area contributed by atoms with Crippen molar-refractivity contribution in [3.63, 3.8) is 0 Å². The summed E-state index contributed by atoms with van der Waals surface area (Å²) in [7, 11) is 1.32. The smallest absolute Gasteiger partial charge is 0.338 e. The molecule has 18 heavy (non-hydrogen) atoms. The molecule has 1 aromatic heterocycles. The third-order valence-corrected chi connectivity index (χ3v) is 2.98. The van der Waals surface area contributed by atoms with Crippen LogP contribution in [0.15, 0.2) is 15.3 Å². The number of ether oxygens (including phenoxy) is 1. The summed E-state index contributed by atoms with van der Waals surface area (Å²) in [4.78, 5) is 28.8. The van der Waals surface area contributed by atoms with E-state index < -0.39 is 10.5 Å². The lowest BCUT2D eigenvalue weighted by molar-refractivity contribution is -0.384. The molecule has 0 aliphatic heterocycles. The molecule has 0 unspecified atom stereocenters. The number of fused-ring (bicyclic) bond motifs is 1. The zero-order valence-electron chi connectivity index (χ0n) is 9.48. The highest BCUT2D eigenvalue weighted by molar-refractivity contribution is 9.10. The molecule has 0 spiro atoms. The second-order valence-electron chi connectivity index (χ2n) is 3.54. The van der Waals surface area contributed by atoms with Crippen LogP contribution in [0.5, 0.6) is 5.75 Å². The molecular formula is C10H8BrN3O4. The Hall–Kier alpha value is -1.96. The SMILES string of the molecule is COc1c(Br)cc2c(=O)[nH]c(C)nc2c1[N+](=O)[O-]. The summed E-state index contributed by atoms with van der Waals surface area (Å²) in [5.41, 5.74) is -0.735. The molecule has 1 heterocycles. The first-order chi connectivity index (χ1) is 8.45. The number of hydrogen-bond donors (Lipinski definition) is 1. The van der Waals surface area contributed by atoms with Crippen molar-refractivity contribution in [1.29, 1.82) is 0 Å². The molecule has 0 saturated heterocycles. The minimum absolute atomic E-state index is 0.0151. The summed E-state index contributed by atoms with van der Waals surface area (Å²) in [6, 6.07) is 1.45. The van der Waals surface area contributed by atoms with Crippen LogP contribution in [0.3, 0.4) is 0 Å². The van der Waals surface area contributed by atoms with Crippen LogP contribution in [0.1, 0.15) is 5.82 Å². The number of H-pyrrole nitrogens is 1. The van der Waals surface area contributed by atoms with Gasteiger partial charge in [-0.25, -0.2) is 4.98 Å². The molecule has 1 aromatic carbocycles. The lowest BCUT2D eigenvalue weighted by Gasteiger charge is -2.07. The average molecular weight is 314 g/mol. The lowest BCUT2D eigenvalue weighted by Crippen LogP contribution is -2.11. The molecular weight excluding hydrogens is 306 g/mol. The molecule has 0 amide bonds. The van der Waals surface area contributed by atoms with Gasteiger partial charge in [0.15, 0.2) is 5.52 Å². The van der Waals surface area contributed by atoms with Gasteiger partial charge in [0.2, 0.25) is 5.75 Å². The maximum atomic E-state index is 11.7. The van der Waals surface area contributed by atoms with E-state index in [4.69, 9.17) is 4.74 Å². The van der Waals surface area contributed by atoms with E-state index in [1.54, 1.807) is 6.92 Å². The quantitative estimate of drug-likeness (QED) is 0.674. The van der Waals surface area contributed by atoms with Crippen LogP contribution in [0.2, 0.25) is 0 Å². The van der Waals surface area contributed by atoms with E-state index in [1.807, 2.05) is 0 Å². The molecule has 0 fully saturated rings. The molecule has 8 heteroatoms. The Kier molecular flexibility index (Phi) is 3.04. The highest BCUT2D eigenvalue weighted by atomic mass is 79.9. The number of methoxy groups -OCH3 is 1. The second-order valence-corrected chi connectivity index (χ2v) is 4.40. The Morgan fingerprint density at radius 3 is 2.78 bits per heavy atom. The first-order valence-corrected chi connectivity index (χ1v) is 5.66. The van der Waals surface area contributed by atoms with Crippen molar-refractivity contribution < 1.29 is 9.66 Å². The van der Waals surface area contributed by atoms with Crippen LogP contribution in [-0.4, -0.2) is 22.0 Å². The third kappa shape index (κ3) is 1.84. The zero-order chi connectivity index (χ0) is 13.4. The van der Waals surface area contributed by atoms with Crippen LogP contribution >= 0.6 is 15.9 Å². The monoisotopic (exact) mass is 313 g/mol. The van der Waals surface area contributed by atoms with E-state index in [0.29, 0.717) is 10.3 Å². The van der Waals surface area contributed by atoms with Crippen molar-refractivity contribution in [2.75, 3.05) is 7.11 Å². The number of aromatic amines is 1. The van der Waals surface area contributed by atoms with Gasteiger partial charge in [-0.3, -0.25) is 14.9 Å². The number of nitrogens with one attached hydrogen (secondary N) is 1. The molecule has 0 radical (unpaired) electrons. The van der Waals surface area contributed by atoms with Crippen LogP contribution in [0, 0.1) is 17.0 Å². The summed E-state index contributed by atoms with van der Waals surface area (Å²) >= 11 is 3.14. The van der Waals surface area contributed by atoms with Crippen molar-refractivity contribution >= 4 is 32.5 Å². The molecule has 0 saturated carbocycles. The van der Waals surface area contributed by atoms with Crippen LogP contribution in [0.4, 0.5) is 5.69 Å². The van der Waals surface area contributed by atoms with E-state index in [0.717, 1.165) is 0 Å². The van der Waals surface area contributed by atoms with Gasteiger partial charge in [-0.15, -0.1) is 0 Å². The van der Waals surface area contributed by atoms with Crippen molar-refractivity contribution in [2.45, 2.75) is 6.92 Å². The van der Waals surface area contributed by atoms with Gasteiger partial charge in [-0.2, -0.15) is 0 Å². The predicted octanol–water partition coefficient (Wildman–Crippen LogP) is 1.91. The maximum absolute atomic E-state index is 11.7. The molecule has 0 aliphatic rings. The van der Waals surface area contributed by atoms with Gasteiger partial charge < -0.3 is 9.72 Å². The van der Waals surface area contributed by atoms with Gasteiger partial charge in [-0.1, -0.05) is 0 Å². The fourth-order valence-corrected chi connectivity index (χ4v) is 2.26. The molecule has 0 bridgehead atoms. The minimum atomic E-state index is -0.613. The number of aryl methyl sites for hydroxylation is 1. The van der Waals surface area contributed by atoms with Crippen molar-refractivity contribution in [3.8, 4) is 5.75 Å². The number of nitro benzene ring substituents is 1. The fraction of sp³-hybridized carbons (Fsp3) is 0.200. The first-order valence-electron chi connectivity index (χ1n) is 4.87. The molecule has 94 valence electrons. The second kappa shape index (κ2) is 4.37. The van der Waals surface area contributed by atoms with E-state index in [-0.39, 0.29) is 22.3 Å². The summed E-state index contributed by atoms with van der Waals surface area (Å²) in [5.74, 6) is 0.352. The van der Waals surface area contributed by atoms with E-state index in [2.05, 4.69) is 25.9 Å². The Bertz CT molecular complexity index is 710. The molecule has 0 aliphatic carbocycles. The molecule has 1 N–H and O–H groups in total. The van der Waals surface area contributed by atoms with Crippen molar-refractivity contribution in [2.24, 2.45) is 0 Å². The number of halogens is 1. The van der Waals surface area contributed by atoms with E-state index >= 15 is 0 Å². The van der Waals surface area contributed by atoms with Crippen LogP contribution in [-0.2, 0) is 0 Å². The Balaban J connectivity index is 3.06. The highest BCUT2D eigenvalue weighted by Gasteiger charge is 2.25. The van der Waals surface area contributed by atoms with Gasteiger partial charge in [-0.05, 0) is 28.9 Å². The lowest BCUT2D eigenvalue weighted by atomic mass is 10.2. The van der Waals surface area contributed by atoms with Gasteiger partial charge >= 0.3 is 5.69 Å². The summed E-state index contributed by atoms with van der Waals surface area (Å²) in [6.45, 7) is 1.55. The summed E-state index contributed by atoms with van der Waals surface area (Å²) in [5, 5.41) is 11.3. The van der Waals surface area contributed by atoms with Crippen molar-refractivity contribution in [1.82, 2.24) is 9.97 Å². The van der Waals surface area contributed by atoms with E-state index in [9.17, 15) is 14.9 Å². The third-order valence-electron chi connectivity index (χ3n) is 2.39. The van der Waals surface area contributed by atoms with Crippen molar-refractivity contribution in [3.05, 3.63) is 36.8 Å². The van der Waals surface area contributed by atoms with Gasteiger partial charge in [0.05, 0.1) is 21.9 Å². The van der Waals surface area contributed by atoms with Gasteiger partial charge in [0.25, 0.3) is 5.56 Å². The fourth-order valence-electron chi connectivity index (χ4n) is 1.69. The highest BCUT2D eigenvalue weighted by Crippen LogP contribution is 2.39. The average Bonchev–Trinajstić information content (AvgIpc) is 2.28. The summed E-state index contributed by atoms with van der Waals surface area (Å²) < 4.78 is 5.32. The Labute approximate surface area is 109 Å². The molecule has 2 aromatic rings. The molecule has 7 nitrogen and oxygen atoms in total. The number of hydrogen-bond acceptors (Lipinski definition) is 5. The number of aromatic nitrogens is 2. The van der Waals surface area contributed by atoms with Crippen LogP contribution in [0.25, 0.3) is 10.9 Å². The standard InChI is InChI=1S/C10H8BrN3O4/c1-4-12-7-5(10(15)13-4)3-6(11)9(18-2)8(7)14(16)17/h3H,1-2H3,(H,12,13,15). The molecule has 2 rings (SSSR count). The minimum Gasteiger partial charge on any atom is -0.489 e. The first kappa shape index (κ1) is 12.5. The summed E-state index contributed by atoms with van der Waals surface area (Å²) in [6.07, 6.45) is 0. The Morgan fingerprint density at radius 1 is 1.56 bits per heavy atom. The molecule has 0 atom stereocenters. The van der Waals surface area contributed by atoms with Gasteiger partial charge in [0, 0.05) is 0 Å². The van der Waals surface area contributed by atoms with Gasteiger partial charge in [0.1, 0.15) is 5.82 Å². The van der Waals surface area contributed by atoms with E-state index in [1.165, 1.54) is 13.2 Å². The predicted molar refractivity (Wildman–Crippen MR) is 68.0 cm³/mol. The zero-order valence-corrected chi connectivity index (χ0v) is 11.1.